The monoisotopic (exact) mass is 253 g/mol. The Morgan fingerprint density at radius 2 is 2.06 bits per heavy atom. The Morgan fingerprint density at radius 1 is 1.29 bits per heavy atom. The fourth-order valence-corrected chi connectivity index (χ4v) is 1.40. The van der Waals surface area contributed by atoms with Gasteiger partial charge < -0.3 is 4.74 Å². The molecule has 0 atom stereocenters. The van der Waals surface area contributed by atoms with Crippen LogP contribution in [0.3, 0.4) is 0 Å². The second-order valence-corrected chi connectivity index (χ2v) is 4.09. The van der Waals surface area contributed by atoms with E-state index >= 15 is 0 Å². The van der Waals surface area contributed by atoms with Crippen LogP contribution < -0.4 is 4.74 Å². The van der Waals surface area contributed by atoms with Crippen molar-refractivity contribution in [3.63, 3.8) is 0 Å². The summed E-state index contributed by atoms with van der Waals surface area (Å²) in [5, 5.41) is 4.29. The standard InChI is InChI=1S/C10H12ClN5O/c1-6(2)17-10-13-8(12-9(11)14-10)7-4-5-16(3)15-7/h4-6H,1-3H3. The highest BCUT2D eigenvalue weighted by Crippen LogP contribution is 2.17. The molecule has 0 saturated heterocycles. The quantitative estimate of drug-likeness (QED) is 0.833. The summed E-state index contributed by atoms with van der Waals surface area (Å²) in [7, 11) is 1.82. The number of rotatable bonds is 3. The van der Waals surface area contributed by atoms with Gasteiger partial charge in [0.15, 0.2) is 5.82 Å². The maximum absolute atomic E-state index is 5.81. The number of ether oxygens (including phenoxy) is 1. The first-order valence-electron chi connectivity index (χ1n) is 5.13. The molecule has 0 aliphatic rings. The normalized spacial score (nSPS) is 10.9. The first kappa shape index (κ1) is 11.8. The van der Waals surface area contributed by atoms with E-state index in [2.05, 4.69) is 20.1 Å². The van der Waals surface area contributed by atoms with Crippen molar-refractivity contribution in [1.82, 2.24) is 24.7 Å². The van der Waals surface area contributed by atoms with Gasteiger partial charge in [0, 0.05) is 13.2 Å². The van der Waals surface area contributed by atoms with Gasteiger partial charge in [-0.05, 0) is 31.5 Å². The molecular weight excluding hydrogens is 242 g/mol. The largest absolute Gasteiger partial charge is 0.461 e. The van der Waals surface area contributed by atoms with Gasteiger partial charge in [0.2, 0.25) is 5.28 Å². The van der Waals surface area contributed by atoms with Gasteiger partial charge in [-0.3, -0.25) is 4.68 Å². The Balaban J connectivity index is 2.37. The topological polar surface area (TPSA) is 65.7 Å². The molecule has 2 aromatic heterocycles. The molecule has 17 heavy (non-hydrogen) atoms. The lowest BCUT2D eigenvalue weighted by atomic mass is 10.4. The van der Waals surface area contributed by atoms with Crippen LogP contribution in [-0.4, -0.2) is 30.8 Å². The summed E-state index contributed by atoms with van der Waals surface area (Å²) in [4.78, 5) is 12.1. The van der Waals surface area contributed by atoms with Crippen LogP contribution in [-0.2, 0) is 7.05 Å². The molecule has 0 amide bonds. The molecule has 0 aliphatic carbocycles. The third-order valence-corrected chi connectivity index (χ3v) is 2.04. The van der Waals surface area contributed by atoms with E-state index in [0.29, 0.717) is 11.5 Å². The van der Waals surface area contributed by atoms with E-state index < -0.39 is 0 Å². The van der Waals surface area contributed by atoms with E-state index in [0.717, 1.165) is 0 Å². The molecule has 0 unspecified atom stereocenters. The van der Waals surface area contributed by atoms with Gasteiger partial charge in [0.25, 0.3) is 0 Å². The van der Waals surface area contributed by atoms with Crippen molar-refractivity contribution in [1.29, 1.82) is 0 Å². The zero-order chi connectivity index (χ0) is 12.4. The summed E-state index contributed by atoms with van der Waals surface area (Å²) in [6, 6.07) is 2.01. The molecule has 0 saturated carbocycles. The summed E-state index contributed by atoms with van der Waals surface area (Å²) in [6.07, 6.45) is 1.78. The SMILES string of the molecule is CC(C)Oc1nc(Cl)nc(-c2ccn(C)n2)n1. The molecule has 90 valence electrons. The van der Waals surface area contributed by atoms with E-state index in [-0.39, 0.29) is 17.4 Å². The van der Waals surface area contributed by atoms with Gasteiger partial charge in [-0.25, -0.2) is 0 Å². The first-order chi connectivity index (χ1) is 8.04. The summed E-state index contributed by atoms with van der Waals surface area (Å²) >= 11 is 5.81. The van der Waals surface area contributed by atoms with Crippen LogP contribution in [0.25, 0.3) is 11.5 Å². The van der Waals surface area contributed by atoms with Crippen molar-refractivity contribution in [2.75, 3.05) is 0 Å². The molecule has 0 N–H and O–H groups in total. The Kier molecular flexibility index (Phi) is 3.23. The average Bonchev–Trinajstić information content (AvgIpc) is 2.62. The average molecular weight is 254 g/mol. The Labute approximate surface area is 104 Å². The highest BCUT2D eigenvalue weighted by Gasteiger charge is 2.11. The fourth-order valence-electron chi connectivity index (χ4n) is 1.24. The maximum Gasteiger partial charge on any atom is 0.321 e. The van der Waals surface area contributed by atoms with Crippen molar-refractivity contribution < 1.29 is 4.74 Å². The molecule has 0 aliphatic heterocycles. The number of nitrogens with zero attached hydrogens (tertiary/aromatic N) is 5. The molecule has 6 nitrogen and oxygen atoms in total. The number of aryl methyl sites for hydroxylation is 1. The van der Waals surface area contributed by atoms with Crippen molar-refractivity contribution >= 4 is 11.6 Å². The first-order valence-corrected chi connectivity index (χ1v) is 5.50. The molecule has 0 bridgehead atoms. The van der Waals surface area contributed by atoms with Crippen molar-refractivity contribution in [3.05, 3.63) is 17.5 Å². The number of aromatic nitrogens is 5. The second kappa shape index (κ2) is 4.67. The van der Waals surface area contributed by atoms with Crippen LogP contribution >= 0.6 is 11.6 Å². The zero-order valence-corrected chi connectivity index (χ0v) is 10.5. The van der Waals surface area contributed by atoms with Crippen molar-refractivity contribution in [2.24, 2.45) is 7.05 Å². The summed E-state index contributed by atoms with van der Waals surface area (Å²) in [6.45, 7) is 3.77. The van der Waals surface area contributed by atoms with E-state index in [1.807, 2.05) is 20.9 Å². The van der Waals surface area contributed by atoms with E-state index in [1.54, 1.807) is 16.9 Å². The van der Waals surface area contributed by atoms with Gasteiger partial charge in [-0.15, -0.1) is 0 Å². The third kappa shape index (κ3) is 2.91. The van der Waals surface area contributed by atoms with Gasteiger partial charge in [0.1, 0.15) is 5.69 Å². The second-order valence-electron chi connectivity index (χ2n) is 3.75. The molecule has 0 fully saturated rings. The number of hydrogen-bond donors (Lipinski definition) is 0. The molecule has 7 heteroatoms. The van der Waals surface area contributed by atoms with Gasteiger partial charge >= 0.3 is 6.01 Å². The fraction of sp³-hybridized carbons (Fsp3) is 0.400. The van der Waals surface area contributed by atoms with Crippen LogP contribution in [0.5, 0.6) is 6.01 Å². The van der Waals surface area contributed by atoms with Gasteiger partial charge in [0.05, 0.1) is 6.10 Å². The van der Waals surface area contributed by atoms with Crippen LogP contribution in [0.2, 0.25) is 5.28 Å². The molecule has 2 heterocycles. The van der Waals surface area contributed by atoms with E-state index in [9.17, 15) is 0 Å². The highest BCUT2D eigenvalue weighted by atomic mass is 35.5. The molecular formula is C10H12ClN5O. The van der Waals surface area contributed by atoms with Crippen LogP contribution in [0.15, 0.2) is 12.3 Å². The zero-order valence-electron chi connectivity index (χ0n) is 9.75. The number of hydrogen-bond acceptors (Lipinski definition) is 5. The minimum Gasteiger partial charge on any atom is -0.461 e. The van der Waals surface area contributed by atoms with Crippen LogP contribution in [0.1, 0.15) is 13.8 Å². The molecule has 0 aromatic carbocycles. The Morgan fingerprint density at radius 3 is 2.65 bits per heavy atom. The summed E-state index contributed by atoms with van der Waals surface area (Å²) < 4.78 is 7.05. The smallest absolute Gasteiger partial charge is 0.321 e. The van der Waals surface area contributed by atoms with Gasteiger partial charge in [-0.1, -0.05) is 0 Å². The lowest BCUT2D eigenvalue weighted by molar-refractivity contribution is 0.222. The predicted octanol–water partition coefficient (Wildman–Crippen LogP) is 1.71. The third-order valence-electron chi connectivity index (χ3n) is 1.87. The molecule has 2 rings (SSSR count). The molecule has 0 radical (unpaired) electrons. The Hall–Kier alpha value is -1.69. The van der Waals surface area contributed by atoms with Crippen molar-refractivity contribution in [2.45, 2.75) is 20.0 Å². The number of halogens is 1. The predicted molar refractivity (Wildman–Crippen MR) is 62.8 cm³/mol. The van der Waals surface area contributed by atoms with Gasteiger partial charge in [-0.2, -0.15) is 20.1 Å². The van der Waals surface area contributed by atoms with Crippen molar-refractivity contribution in [3.8, 4) is 17.5 Å². The van der Waals surface area contributed by atoms with E-state index in [4.69, 9.17) is 16.3 Å². The minimum absolute atomic E-state index is 0.0231. The maximum atomic E-state index is 5.81. The Bertz CT molecular complexity index is 525. The summed E-state index contributed by atoms with van der Waals surface area (Å²) in [5.41, 5.74) is 0.630. The van der Waals surface area contributed by atoms with Crippen LogP contribution in [0, 0.1) is 0 Å². The van der Waals surface area contributed by atoms with Crippen LogP contribution in [0.4, 0.5) is 0 Å². The minimum atomic E-state index is -0.0231. The lowest BCUT2D eigenvalue weighted by Crippen LogP contribution is -2.09. The molecule has 2 aromatic rings. The summed E-state index contributed by atoms with van der Waals surface area (Å²) in [5.74, 6) is 0.404. The van der Waals surface area contributed by atoms with E-state index in [1.165, 1.54) is 0 Å². The lowest BCUT2D eigenvalue weighted by Gasteiger charge is -2.07. The molecule has 0 spiro atoms. The highest BCUT2D eigenvalue weighted by molar-refractivity contribution is 6.28.